The Kier molecular flexibility index (Phi) is 3.59. The van der Waals surface area contributed by atoms with Gasteiger partial charge in [-0.2, -0.15) is 0 Å². The van der Waals surface area contributed by atoms with E-state index in [-0.39, 0.29) is 0 Å². The normalized spacial score (nSPS) is 21.9. The molecule has 0 bridgehead atoms. The summed E-state index contributed by atoms with van der Waals surface area (Å²) >= 11 is 5.81. The van der Waals surface area contributed by atoms with E-state index in [1.54, 1.807) is 0 Å². The number of halogens is 1. The van der Waals surface area contributed by atoms with E-state index in [9.17, 15) is 0 Å². The number of aromatic nitrogens is 3. The Morgan fingerprint density at radius 3 is 3.00 bits per heavy atom. The average Bonchev–Trinajstić information content (AvgIpc) is 2.72. The molecule has 1 saturated heterocycles. The fraction of sp³-hybridized carbons (Fsp3) is 0.800. The maximum Gasteiger partial charge on any atom is 0.147 e. The average molecular weight is 230 g/mol. The van der Waals surface area contributed by atoms with Gasteiger partial charge in [-0.1, -0.05) is 0 Å². The molecule has 84 valence electrons. The van der Waals surface area contributed by atoms with Gasteiger partial charge in [0.05, 0.1) is 12.5 Å². The molecule has 4 nitrogen and oxygen atoms in total. The summed E-state index contributed by atoms with van der Waals surface area (Å²) < 4.78 is 7.57. The molecule has 5 heteroatoms. The van der Waals surface area contributed by atoms with Crippen molar-refractivity contribution in [2.75, 3.05) is 13.2 Å². The molecule has 1 aromatic heterocycles. The summed E-state index contributed by atoms with van der Waals surface area (Å²) in [6, 6.07) is 0. The predicted octanol–water partition coefficient (Wildman–Crippen LogP) is 1.93. The van der Waals surface area contributed by atoms with E-state index in [2.05, 4.69) is 21.7 Å². The van der Waals surface area contributed by atoms with E-state index < -0.39 is 0 Å². The van der Waals surface area contributed by atoms with Gasteiger partial charge in [0.25, 0.3) is 0 Å². The largest absolute Gasteiger partial charge is 0.381 e. The molecule has 1 unspecified atom stereocenters. The van der Waals surface area contributed by atoms with Gasteiger partial charge in [-0.05, 0) is 19.8 Å². The highest BCUT2D eigenvalue weighted by Gasteiger charge is 2.22. The SMILES string of the molecule is CCn1c(CCl)nnc1C1CCCOC1. The second-order valence-electron chi connectivity index (χ2n) is 3.77. The van der Waals surface area contributed by atoms with Crippen LogP contribution >= 0.6 is 11.6 Å². The summed E-state index contributed by atoms with van der Waals surface area (Å²) in [5.74, 6) is 2.71. The third kappa shape index (κ3) is 2.16. The second-order valence-corrected chi connectivity index (χ2v) is 4.03. The van der Waals surface area contributed by atoms with Gasteiger partial charge in [0.1, 0.15) is 11.6 Å². The van der Waals surface area contributed by atoms with Gasteiger partial charge in [0.2, 0.25) is 0 Å². The Bertz CT molecular complexity index is 320. The molecule has 1 fully saturated rings. The van der Waals surface area contributed by atoms with E-state index in [0.717, 1.165) is 44.2 Å². The number of alkyl halides is 1. The van der Waals surface area contributed by atoms with Crippen LogP contribution < -0.4 is 0 Å². The van der Waals surface area contributed by atoms with E-state index in [1.807, 2.05) is 0 Å². The maximum atomic E-state index is 5.81. The first kappa shape index (κ1) is 10.9. The molecule has 0 spiro atoms. The van der Waals surface area contributed by atoms with Crippen LogP contribution in [0, 0.1) is 0 Å². The minimum Gasteiger partial charge on any atom is -0.381 e. The molecule has 0 amide bonds. The van der Waals surface area contributed by atoms with E-state index in [4.69, 9.17) is 16.3 Å². The molecule has 2 rings (SSSR count). The van der Waals surface area contributed by atoms with Crippen molar-refractivity contribution in [1.82, 2.24) is 14.8 Å². The Labute approximate surface area is 94.6 Å². The van der Waals surface area contributed by atoms with Gasteiger partial charge in [-0.25, -0.2) is 0 Å². The summed E-state index contributed by atoms with van der Waals surface area (Å²) in [4.78, 5) is 0. The topological polar surface area (TPSA) is 39.9 Å². The van der Waals surface area contributed by atoms with Crippen LogP contribution in [-0.2, 0) is 17.2 Å². The van der Waals surface area contributed by atoms with Crippen LogP contribution in [0.2, 0.25) is 0 Å². The molecule has 1 aliphatic rings. The summed E-state index contributed by atoms with van der Waals surface area (Å²) in [6.07, 6.45) is 2.25. The van der Waals surface area contributed by atoms with Crippen molar-refractivity contribution in [3.63, 3.8) is 0 Å². The molecule has 15 heavy (non-hydrogen) atoms. The van der Waals surface area contributed by atoms with E-state index >= 15 is 0 Å². The smallest absolute Gasteiger partial charge is 0.147 e. The number of hydrogen-bond donors (Lipinski definition) is 0. The summed E-state index contributed by atoms with van der Waals surface area (Å²) in [7, 11) is 0. The van der Waals surface area contributed by atoms with Crippen molar-refractivity contribution in [1.29, 1.82) is 0 Å². The first-order chi connectivity index (χ1) is 7.36. The highest BCUT2D eigenvalue weighted by Crippen LogP contribution is 2.24. The second kappa shape index (κ2) is 4.94. The summed E-state index contributed by atoms with van der Waals surface area (Å²) in [5, 5.41) is 8.34. The number of ether oxygens (including phenoxy) is 1. The summed E-state index contributed by atoms with van der Waals surface area (Å²) in [5.41, 5.74) is 0. The number of hydrogen-bond acceptors (Lipinski definition) is 3. The summed E-state index contributed by atoms with van der Waals surface area (Å²) in [6.45, 7) is 4.60. The minimum absolute atomic E-state index is 0.392. The molecule has 1 aromatic rings. The van der Waals surface area contributed by atoms with Crippen molar-refractivity contribution in [3.8, 4) is 0 Å². The molecule has 0 radical (unpaired) electrons. The molecular weight excluding hydrogens is 214 g/mol. The lowest BCUT2D eigenvalue weighted by molar-refractivity contribution is 0.0769. The standard InChI is InChI=1S/C10H16ClN3O/c1-2-14-9(6-11)12-13-10(14)8-4-3-5-15-7-8/h8H,2-7H2,1H3. The lowest BCUT2D eigenvalue weighted by atomic mass is 10.0. The zero-order valence-electron chi connectivity index (χ0n) is 8.95. The first-order valence-corrected chi connectivity index (χ1v) is 5.96. The van der Waals surface area contributed by atoms with Crippen molar-refractivity contribution < 1.29 is 4.74 Å². The Morgan fingerprint density at radius 2 is 2.40 bits per heavy atom. The van der Waals surface area contributed by atoms with Crippen LogP contribution in [0.5, 0.6) is 0 Å². The van der Waals surface area contributed by atoms with Crippen LogP contribution in [0.3, 0.4) is 0 Å². The highest BCUT2D eigenvalue weighted by molar-refractivity contribution is 6.16. The number of rotatable bonds is 3. The number of nitrogens with zero attached hydrogens (tertiary/aromatic N) is 3. The third-order valence-electron chi connectivity index (χ3n) is 2.82. The Morgan fingerprint density at radius 1 is 1.53 bits per heavy atom. The van der Waals surface area contributed by atoms with Crippen LogP contribution in [0.25, 0.3) is 0 Å². The Balaban J connectivity index is 2.22. The van der Waals surface area contributed by atoms with Crippen molar-refractivity contribution in [2.24, 2.45) is 0 Å². The van der Waals surface area contributed by atoms with Gasteiger partial charge in [-0.15, -0.1) is 21.8 Å². The van der Waals surface area contributed by atoms with Crippen LogP contribution in [0.15, 0.2) is 0 Å². The van der Waals surface area contributed by atoms with Gasteiger partial charge >= 0.3 is 0 Å². The third-order valence-corrected chi connectivity index (χ3v) is 3.06. The zero-order chi connectivity index (χ0) is 10.7. The van der Waals surface area contributed by atoms with Gasteiger partial charge in [0.15, 0.2) is 0 Å². The molecule has 0 N–H and O–H groups in total. The van der Waals surface area contributed by atoms with E-state index in [0.29, 0.717) is 11.8 Å². The molecule has 0 aliphatic carbocycles. The molecule has 1 aliphatic heterocycles. The van der Waals surface area contributed by atoms with Gasteiger partial charge < -0.3 is 9.30 Å². The fourth-order valence-corrected chi connectivity index (χ4v) is 2.24. The highest BCUT2D eigenvalue weighted by atomic mass is 35.5. The predicted molar refractivity (Wildman–Crippen MR) is 58.0 cm³/mol. The van der Waals surface area contributed by atoms with Crippen molar-refractivity contribution in [2.45, 2.75) is 38.1 Å². The minimum atomic E-state index is 0.392. The van der Waals surface area contributed by atoms with Crippen LogP contribution in [0.1, 0.15) is 37.3 Å². The molecular formula is C10H16ClN3O. The monoisotopic (exact) mass is 229 g/mol. The molecule has 2 heterocycles. The van der Waals surface area contributed by atoms with Gasteiger partial charge in [-0.3, -0.25) is 0 Å². The van der Waals surface area contributed by atoms with Crippen LogP contribution in [-0.4, -0.2) is 28.0 Å². The molecule has 0 aromatic carbocycles. The van der Waals surface area contributed by atoms with Crippen LogP contribution in [0.4, 0.5) is 0 Å². The maximum absolute atomic E-state index is 5.81. The zero-order valence-corrected chi connectivity index (χ0v) is 9.70. The molecule has 0 saturated carbocycles. The van der Waals surface area contributed by atoms with Gasteiger partial charge in [0, 0.05) is 19.1 Å². The molecule has 1 atom stereocenters. The van der Waals surface area contributed by atoms with Crippen molar-refractivity contribution in [3.05, 3.63) is 11.6 Å². The van der Waals surface area contributed by atoms with Crippen molar-refractivity contribution >= 4 is 11.6 Å². The first-order valence-electron chi connectivity index (χ1n) is 5.42. The van der Waals surface area contributed by atoms with E-state index in [1.165, 1.54) is 0 Å². The Hall–Kier alpha value is -0.610. The quantitative estimate of drug-likeness (QED) is 0.744. The lowest BCUT2D eigenvalue weighted by Gasteiger charge is -2.21. The lowest BCUT2D eigenvalue weighted by Crippen LogP contribution is -2.19. The fourth-order valence-electron chi connectivity index (χ4n) is 2.04.